The lowest BCUT2D eigenvalue weighted by Gasteiger charge is -2.05. The first-order chi connectivity index (χ1) is 7.63. The number of nitrogens with zero attached hydrogens (tertiary/aromatic N) is 1. The van der Waals surface area contributed by atoms with Gasteiger partial charge in [-0.25, -0.2) is 4.79 Å². The SMILES string of the molecule is CCOC(=O)c1cc(C)c[n+](OC)c1CCl. The van der Waals surface area contributed by atoms with Crippen molar-refractivity contribution < 1.29 is 19.1 Å². The molecule has 0 aromatic carbocycles. The maximum absolute atomic E-state index is 11.7. The summed E-state index contributed by atoms with van der Waals surface area (Å²) < 4.78 is 6.44. The molecule has 16 heavy (non-hydrogen) atoms. The topological polar surface area (TPSA) is 39.4 Å². The first kappa shape index (κ1) is 12.8. The van der Waals surface area contributed by atoms with Gasteiger partial charge in [-0.05, 0) is 19.9 Å². The summed E-state index contributed by atoms with van der Waals surface area (Å²) in [7, 11) is 1.52. The lowest BCUT2D eigenvalue weighted by molar-refractivity contribution is -0.890. The van der Waals surface area contributed by atoms with Gasteiger partial charge in [-0.3, -0.25) is 4.84 Å². The number of esters is 1. The van der Waals surface area contributed by atoms with Crippen LogP contribution >= 0.6 is 11.6 Å². The van der Waals surface area contributed by atoms with Crippen molar-refractivity contribution >= 4 is 17.6 Å². The van der Waals surface area contributed by atoms with E-state index in [1.54, 1.807) is 19.2 Å². The van der Waals surface area contributed by atoms with Crippen LogP contribution in [-0.2, 0) is 10.6 Å². The van der Waals surface area contributed by atoms with Gasteiger partial charge < -0.3 is 4.74 Å². The summed E-state index contributed by atoms with van der Waals surface area (Å²) in [5.74, 6) is -0.199. The molecule has 0 atom stereocenters. The highest BCUT2D eigenvalue weighted by atomic mass is 35.5. The van der Waals surface area contributed by atoms with E-state index in [0.29, 0.717) is 17.9 Å². The summed E-state index contributed by atoms with van der Waals surface area (Å²) in [6.07, 6.45) is 1.76. The molecule has 0 spiro atoms. The quantitative estimate of drug-likeness (QED) is 0.455. The summed E-state index contributed by atoms with van der Waals surface area (Å²) in [6.45, 7) is 3.97. The molecule has 0 fully saturated rings. The highest BCUT2D eigenvalue weighted by Crippen LogP contribution is 2.11. The van der Waals surface area contributed by atoms with E-state index < -0.39 is 0 Å². The summed E-state index contributed by atoms with van der Waals surface area (Å²) >= 11 is 5.80. The predicted molar refractivity (Wildman–Crippen MR) is 59.4 cm³/mol. The van der Waals surface area contributed by atoms with Crippen molar-refractivity contribution in [2.75, 3.05) is 13.7 Å². The molecule has 5 heteroatoms. The van der Waals surface area contributed by atoms with E-state index in [1.807, 2.05) is 6.92 Å². The summed E-state index contributed by atoms with van der Waals surface area (Å²) in [5, 5.41) is 0. The van der Waals surface area contributed by atoms with Crippen molar-refractivity contribution in [3.8, 4) is 0 Å². The molecule has 0 unspecified atom stereocenters. The third-order valence-corrected chi connectivity index (χ3v) is 2.34. The Labute approximate surface area is 99.7 Å². The highest BCUT2D eigenvalue weighted by Gasteiger charge is 2.24. The van der Waals surface area contributed by atoms with E-state index in [9.17, 15) is 4.79 Å². The van der Waals surface area contributed by atoms with E-state index in [-0.39, 0.29) is 11.8 Å². The number of carbonyl (C=O) groups is 1. The molecule has 0 aliphatic rings. The average molecular weight is 245 g/mol. The van der Waals surface area contributed by atoms with Crippen molar-refractivity contribution in [1.29, 1.82) is 0 Å². The van der Waals surface area contributed by atoms with Gasteiger partial charge >= 0.3 is 5.97 Å². The number of alkyl halides is 1. The van der Waals surface area contributed by atoms with Gasteiger partial charge in [0.25, 0.3) is 5.69 Å². The number of rotatable bonds is 4. The van der Waals surface area contributed by atoms with Crippen LogP contribution in [0.3, 0.4) is 0 Å². The Morgan fingerprint density at radius 1 is 1.56 bits per heavy atom. The van der Waals surface area contributed by atoms with Crippen molar-refractivity contribution in [3.05, 3.63) is 29.1 Å². The Balaban J connectivity index is 3.24. The molecule has 1 rings (SSSR count). The van der Waals surface area contributed by atoms with Crippen LogP contribution in [0.1, 0.15) is 28.5 Å². The predicted octanol–water partition coefficient (Wildman–Crippen LogP) is 1.26. The number of ether oxygens (including phenoxy) is 1. The zero-order chi connectivity index (χ0) is 12.1. The summed E-state index contributed by atoms with van der Waals surface area (Å²) in [5.41, 5.74) is 1.94. The standard InChI is InChI=1S/C11H15ClNO3/c1-4-16-11(14)9-5-8(2)7-13(15-3)10(9)6-12/h5,7H,4,6H2,1-3H3/q+1. The molecule has 0 saturated carbocycles. The van der Waals surface area contributed by atoms with Gasteiger partial charge in [-0.15, -0.1) is 11.6 Å². The van der Waals surface area contributed by atoms with Gasteiger partial charge in [0.05, 0.1) is 6.61 Å². The van der Waals surface area contributed by atoms with Crippen LogP contribution in [0.5, 0.6) is 0 Å². The molecular weight excluding hydrogens is 230 g/mol. The molecule has 0 bridgehead atoms. The van der Waals surface area contributed by atoms with Crippen LogP contribution in [-0.4, -0.2) is 19.7 Å². The molecule has 88 valence electrons. The Morgan fingerprint density at radius 2 is 2.25 bits per heavy atom. The molecule has 1 heterocycles. The zero-order valence-corrected chi connectivity index (χ0v) is 10.4. The maximum Gasteiger partial charge on any atom is 0.344 e. The van der Waals surface area contributed by atoms with Gasteiger partial charge in [0.2, 0.25) is 6.20 Å². The Kier molecular flexibility index (Phi) is 4.55. The Bertz CT molecular complexity index is 393. The van der Waals surface area contributed by atoms with E-state index >= 15 is 0 Å². The summed E-state index contributed by atoms with van der Waals surface area (Å²) in [4.78, 5) is 16.8. The van der Waals surface area contributed by atoms with Gasteiger partial charge in [0.15, 0.2) is 0 Å². The van der Waals surface area contributed by atoms with Gasteiger partial charge in [-0.1, -0.05) is 0 Å². The molecule has 0 radical (unpaired) electrons. The molecule has 0 aliphatic heterocycles. The van der Waals surface area contributed by atoms with Crippen molar-refractivity contribution in [3.63, 3.8) is 0 Å². The van der Waals surface area contributed by atoms with Gasteiger partial charge in [0, 0.05) is 10.3 Å². The lowest BCUT2D eigenvalue weighted by Crippen LogP contribution is -2.45. The number of aromatic nitrogens is 1. The van der Waals surface area contributed by atoms with Crippen molar-refractivity contribution in [1.82, 2.24) is 0 Å². The number of aryl methyl sites for hydroxylation is 1. The molecular formula is C11H15ClNO3+. The van der Waals surface area contributed by atoms with Crippen LogP contribution in [0.4, 0.5) is 0 Å². The molecule has 0 aliphatic carbocycles. The zero-order valence-electron chi connectivity index (χ0n) is 9.62. The van der Waals surface area contributed by atoms with Gasteiger partial charge in [-0.2, -0.15) is 0 Å². The van der Waals surface area contributed by atoms with Crippen LogP contribution in [0.25, 0.3) is 0 Å². The summed E-state index contributed by atoms with van der Waals surface area (Å²) in [6, 6.07) is 1.74. The van der Waals surface area contributed by atoms with Crippen molar-refractivity contribution in [2.45, 2.75) is 19.7 Å². The Hall–Kier alpha value is -1.29. The minimum atomic E-state index is -0.382. The van der Waals surface area contributed by atoms with E-state index in [0.717, 1.165) is 5.56 Å². The minimum Gasteiger partial charge on any atom is -0.462 e. The minimum absolute atomic E-state index is 0.183. The molecule has 1 aromatic rings. The largest absolute Gasteiger partial charge is 0.462 e. The fourth-order valence-electron chi connectivity index (χ4n) is 1.41. The van der Waals surface area contributed by atoms with Crippen molar-refractivity contribution in [2.24, 2.45) is 0 Å². The fraction of sp³-hybridized carbons (Fsp3) is 0.455. The molecule has 1 aromatic heterocycles. The van der Waals surface area contributed by atoms with E-state index in [2.05, 4.69) is 0 Å². The first-order valence-corrected chi connectivity index (χ1v) is 5.50. The number of carbonyl (C=O) groups excluding carboxylic acids is 1. The second-order valence-corrected chi connectivity index (χ2v) is 3.51. The van der Waals surface area contributed by atoms with E-state index in [1.165, 1.54) is 11.8 Å². The van der Waals surface area contributed by atoms with Gasteiger partial charge in [0.1, 0.15) is 18.6 Å². The highest BCUT2D eigenvalue weighted by molar-refractivity contribution is 6.17. The van der Waals surface area contributed by atoms with Crippen LogP contribution in [0, 0.1) is 6.92 Å². The van der Waals surface area contributed by atoms with Crippen LogP contribution in [0.2, 0.25) is 0 Å². The Morgan fingerprint density at radius 3 is 2.75 bits per heavy atom. The normalized spacial score (nSPS) is 10.0. The number of pyridine rings is 1. The second-order valence-electron chi connectivity index (χ2n) is 3.24. The van der Waals surface area contributed by atoms with Crippen LogP contribution < -0.4 is 9.57 Å². The lowest BCUT2D eigenvalue weighted by atomic mass is 10.1. The molecule has 0 saturated heterocycles. The van der Waals surface area contributed by atoms with E-state index in [4.69, 9.17) is 21.2 Å². The molecule has 0 amide bonds. The third-order valence-electron chi connectivity index (χ3n) is 2.09. The monoisotopic (exact) mass is 244 g/mol. The van der Waals surface area contributed by atoms with Crippen LogP contribution in [0.15, 0.2) is 12.3 Å². The number of hydrogen-bond acceptors (Lipinski definition) is 3. The second kappa shape index (κ2) is 5.70. The molecule has 0 N–H and O–H groups in total. The smallest absolute Gasteiger partial charge is 0.344 e. The first-order valence-electron chi connectivity index (χ1n) is 4.96. The maximum atomic E-state index is 11.7. The number of hydrogen-bond donors (Lipinski definition) is 0. The fourth-order valence-corrected chi connectivity index (χ4v) is 1.67. The number of halogens is 1. The molecule has 4 nitrogen and oxygen atoms in total. The average Bonchev–Trinajstić information content (AvgIpc) is 2.28. The third kappa shape index (κ3) is 2.64.